The van der Waals surface area contributed by atoms with E-state index in [9.17, 15) is 0 Å². The van der Waals surface area contributed by atoms with Crippen molar-refractivity contribution >= 4 is 0 Å². The molecular weight excluding hydrogens is 242 g/mol. The summed E-state index contributed by atoms with van der Waals surface area (Å²) in [5.74, 6) is 1.62. The first-order chi connectivity index (χ1) is 9.22. The summed E-state index contributed by atoms with van der Waals surface area (Å²) in [6, 6.07) is 5.89. The zero-order valence-corrected chi connectivity index (χ0v) is 12.1. The molecule has 0 spiro atoms. The molecule has 1 aromatic rings. The Labute approximate surface area is 115 Å². The molecule has 0 aliphatic heterocycles. The predicted molar refractivity (Wildman–Crippen MR) is 76.7 cm³/mol. The molecule has 1 unspecified atom stereocenters. The Kier molecular flexibility index (Phi) is 7.30. The first-order valence-corrected chi connectivity index (χ1v) is 6.83. The van der Waals surface area contributed by atoms with Crippen molar-refractivity contribution in [3.63, 3.8) is 0 Å². The second-order valence-corrected chi connectivity index (χ2v) is 4.72. The molecule has 0 aliphatic carbocycles. The molecule has 4 nitrogen and oxygen atoms in total. The van der Waals surface area contributed by atoms with Gasteiger partial charge in [0.25, 0.3) is 0 Å². The number of rotatable bonds is 9. The lowest BCUT2D eigenvalue weighted by Gasteiger charge is -2.17. The van der Waals surface area contributed by atoms with E-state index in [4.69, 9.17) is 14.6 Å². The van der Waals surface area contributed by atoms with Gasteiger partial charge in [-0.05, 0) is 19.0 Å². The second-order valence-electron chi connectivity index (χ2n) is 4.72. The van der Waals surface area contributed by atoms with Gasteiger partial charge in [-0.1, -0.05) is 26.0 Å². The summed E-state index contributed by atoms with van der Waals surface area (Å²) in [7, 11) is 1.64. The monoisotopic (exact) mass is 267 g/mol. The maximum atomic E-state index is 9.06. The number of benzene rings is 1. The summed E-state index contributed by atoms with van der Waals surface area (Å²) >= 11 is 0. The number of hydrogen-bond acceptors (Lipinski definition) is 4. The fraction of sp³-hybridized carbons (Fsp3) is 0.600. The SMILES string of the molecule is CCCNCc1cccc(OC)c1OCC(C)CO. The van der Waals surface area contributed by atoms with Gasteiger partial charge < -0.3 is 19.9 Å². The molecule has 19 heavy (non-hydrogen) atoms. The lowest BCUT2D eigenvalue weighted by atomic mass is 10.1. The Morgan fingerprint density at radius 1 is 1.37 bits per heavy atom. The van der Waals surface area contributed by atoms with E-state index in [-0.39, 0.29) is 12.5 Å². The van der Waals surface area contributed by atoms with E-state index in [0.29, 0.717) is 6.61 Å². The Hall–Kier alpha value is -1.26. The van der Waals surface area contributed by atoms with E-state index in [2.05, 4.69) is 12.2 Å². The van der Waals surface area contributed by atoms with Gasteiger partial charge in [0.05, 0.1) is 13.7 Å². The van der Waals surface area contributed by atoms with Crippen molar-refractivity contribution in [2.24, 2.45) is 5.92 Å². The molecule has 1 rings (SSSR count). The predicted octanol–water partition coefficient (Wildman–Crippen LogP) is 2.20. The van der Waals surface area contributed by atoms with E-state index in [1.165, 1.54) is 0 Å². The third-order valence-corrected chi connectivity index (χ3v) is 2.85. The summed E-state index contributed by atoms with van der Waals surface area (Å²) in [4.78, 5) is 0. The largest absolute Gasteiger partial charge is 0.493 e. The van der Waals surface area contributed by atoms with Gasteiger partial charge in [-0.3, -0.25) is 0 Å². The normalized spacial score (nSPS) is 12.2. The highest BCUT2D eigenvalue weighted by atomic mass is 16.5. The van der Waals surface area contributed by atoms with Gasteiger partial charge in [-0.25, -0.2) is 0 Å². The van der Waals surface area contributed by atoms with Gasteiger partial charge in [0.15, 0.2) is 11.5 Å². The first-order valence-electron chi connectivity index (χ1n) is 6.83. The van der Waals surface area contributed by atoms with Crippen molar-refractivity contribution in [1.82, 2.24) is 5.32 Å². The van der Waals surface area contributed by atoms with Crippen LogP contribution in [0.15, 0.2) is 18.2 Å². The minimum Gasteiger partial charge on any atom is -0.493 e. The number of methoxy groups -OCH3 is 1. The summed E-state index contributed by atoms with van der Waals surface area (Å²) in [5, 5.41) is 12.4. The number of nitrogens with one attached hydrogen (secondary N) is 1. The maximum Gasteiger partial charge on any atom is 0.165 e. The molecule has 0 saturated heterocycles. The Balaban J connectivity index is 2.77. The van der Waals surface area contributed by atoms with Gasteiger partial charge in [-0.2, -0.15) is 0 Å². The van der Waals surface area contributed by atoms with Crippen LogP contribution in [0.3, 0.4) is 0 Å². The molecule has 1 aromatic carbocycles. The summed E-state index contributed by atoms with van der Waals surface area (Å²) in [6.45, 7) is 6.43. The molecule has 2 N–H and O–H groups in total. The molecule has 0 bridgehead atoms. The van der Waals surface area contributed by atoms with Crippen LogP contribution in [0.1, 0.15) is 25.8 Å². The van der Waals surface area contributed by atoms with Crippen molar-refractivity contribution in [3.8, 4) is 11.5 Å². The molecule has 0 fully saturated rings. The van der Waals surface area contributed by atoms with Crippen LogP contribution in [0, 0.1) is 5.92 Å². The molecule has 108 valence electrons. The highest BCUT2D eigenvalue weighted by molar-refractivity contribution is 5.46. The van der Waals surface area contributed by atoms with Crippen molar-refractivity contribution in [1.29, 1.82) is 0 Å². The first kappa shape index (κ1) is 15.8. The van der Waals surface area contributed by atoms with E-state index in [1.54, 1.807) is 7.11 Å². The van der Waals surface area contributed by atoms with Gasteiger partial charge in [0, 0.05) is 24.6 Å². The van der Waals surface area contributed by atoms with Gasteiger partial charge in [0.1, 0.15) is 0 Å². The molecule has 1 atom stereocenters. The smallest absolute Gasteiger partial charge is 0.165 e. The number of aliphatic hydroxyl groups excluding tert-OH is 1. The lowest BCUT2D eigenvalue weighted by molar-refractivity contribution is 0.170. The molecule has 0 aromatic heterocycles. The fourth-order valence-corrected chi connectivity index (χ4v) is 1.70. The van der Waals surface area contributed by atoms with Crippen LogP contribution < -0.4 is 14.8 Å². The standard InChI is InChI=1S/C15H25NO3/c1-4-8-16-9-13-6-5-7-14(18-3)15(13)19-11-12(2)10-17/h5-7,12,16-17H,4,8-11H2,1-3H3. The third kappa shape index (κ3) is 5.09. The molecule has 4 heteroatoms. The fourth-order valence-electron chi connectivity index (χ4n) is 1.70. The topological polar surface area (TPSA) is 50.7 Å². The van der Waals surface area contributed by atoms with Gasteiger partial charge in [0.2, 0.25) is 0 Å². The van der Waals surface area contributed by atoms with Crippen LogP contribution in [0.5, 0.6) is 11.5 Å². The summed E-state index contributed by atoms with van der Waals surface area (Å²) < 4.78 is 11.2. The molecule has 0 saturated carbocycles. The third-order valence-electron chi connectivity index (χ3n) is 2.85. The number of hydrogen-bond donors (Lipinski definition) is 2. The van der Waals surface area contributed by atoms with Gasteiger partial charge >= 0.3 is 0 Å². The van der Waals surface area contributed by atoms with Crippen LogP contribution in [0.2, 0.25) is 0 Å². The zero-order valence-electron chi connectivity index (χ0n) is 12.1. The summed E-state index contributed by atoms with van der Waals surface area (Å²) in [5.41, 5.74) is 1.08. The number of para-hydroxylation sites is 1. The molecular formula is C15H25NO3. The quantitative estimate of drug-likeness (QED) is 0.674. The van der Waals surface area contributed by atoms with E-state index < -0.39 is 0 Å². The molecule has 0 amide bonds. The number of aliphatic hydroxyl groups is 1. The van der Waals surface area contributed by atoms with Crippen LogP contribution in [-0.4, -0.2) is 32.0 Å². The van der Waals surface area contributed by atoms with Crippen LogP contribution in [0.25, 0.3) is 0 Å². The van der Waals surface area contributed by atoms with Crippen molar-refractivity contribution in [2.45, 2.75) is 26.8 Å². The van der Waals surface area contributed by atoms with Crippen molar-refractivity contribution in [2.75, 3.05) is 26.9 Å². The minimum atomic E-state index is 0.112. The average molecular weight is 267 g/mol. The van der Waals surface area contributed by atoms with Crippen LogP contribution in [0.4, 0.5) is 0 Å². The minimum absolute atomic E-state index is 0.112. The molecule has 0 aliphatic rings. The average Bonchev–Trinajstić information content (AvgIpc) is 2.45. The zero-order chi connectivity index (χ0) is 14.1. The maximum absolute atomic E-state index is 9.06. The van der Waals surface area contributed by atoms with E-state index in [1.807, 2.05) is 25.1 Å². The van der Waals surface area contributed by atoms with E-state index in [0.717, 1.165) is 36.6 Å². The van der Waals surface area contributed by atoms with Gasteiger partial charge in [-0.15, -0.1) is 0 Å². The van der Waals surface area contributed by atoms with Crippen LogP contribution >= 0.6 is 0 Å². The summed E-state index contributed by atoms with van der Waals surface area (Å²) in [6.07, 6.45) is 1.10. The highest BCUT2D eigenvalue weighted by Crippen LogP contribution is 2.31. The van der Waals surface area contributed by atoms with Crippen molar-refractivity contribution < 1.29 is 14.6 Å². The highest BCUT2D eigenvalue weighted by Gasteiger charge is 2.11. The number of ether oxygens (including phenoxy) is 2. The Morgan fingerprint density at radius 2 is 2.16 bits per heavy atom. The van der Waals surface area contributed by atoms with Crippen molar-refractivity contribution in [3.05, 3.63) is 23.8 Å². The Morgan fingerprint density at radius 3 is 2.79 bits per heavy atom. The second kappa shape index (κ2) is 8.77. The molecule has 0 heterocycles. The Bertz CT molecular complexity index is 368. The van der Waals surface area contributed by atoms with E-state index >= 15 is 0 Å². The van der Waals surface area contributed by atoms with Crippen LogP contribution in [-0.2, 0) is 6.54 Å². The lowest BCUT2D eigenvalue weighted by Crippen LogP contribution is -2.17. The molecule has 0 radical (unpaired) electrons.